The zero-order valence-electron chi connectivity index (χ0n) is 18.8. The second-order valence-electron chi connectivity index (χ2n) is 8.49. The van der Waals surface area contributed by atoms with Crippen molar-refractivity contribution in [3.05, 3.63) is 77.4 Å². The van der Waals surface area contributed by atoms with E-state index < -0.39 is 12.1 Å². The maximum Gasteiger partial charge on any atom is 0.250 e. The van der Waals surface area contributed by atoms with E-state index in [4.69, 9.17) is 9.47 Å². The number of imidazole rings is 1. The third-order valence-corrected chi connectivity index (χ3v) is 6.26. The van der Waals surface area contributed by atoms with Gasteiger partial charge in [0.25, 0.3) is 0 Å². The van der Waals surface area contributed by atoms with Gasteiger partial charge in [-0.3, -0.25) is 4.79 Å². The predicted octanol–water partition coefficient (Wildman–Crippen LogP) is 3.69. The van der Waals surface area contributed by atoms with Crippen molar-refractivity contribution in [3.63, 3.8) is 0 Å². The van der Waals surface area contributed by atoms with Crippen molar-refractivity contribution >= 4 is 12.0 Å². The Morgan fingerprint density at radius 2 is 2.09 bits per heavy atom. The van der Waals surface area contributed by atoms with Crippen molar-refractivity contribution in [2.45, 2.75) is 31.9 Å². The van der Waals surface area contributed by atoms with Gasteiger partial charge >= 0.3 is 0 Å². The highest BCUT2D eigenvalue weighted by molar-refractivity contribution is 5.99. The van der Waals surface area contributed by atoms with Gasteiger partial charge in [0.15, 0.2) is 0 Å². The average Bonchev–Trinajstić information content (AvgIpc) is 3.26. The molecular formula is C26H27N3O4. The summed E-state index contributed by atoms with van der Waals surface area (Å²) in [5.41, 5.74) is 4.29. The first kappa shape index (κ1) is 21.3. The first-order valence-electron chi connectivity index (χ1n) is 11.2. The molecule has 1 fully saturated rings. The highest BCUT2D eigenvalue weighted by Crippen LogP contribution is 2.38. The van der Waals surface area contributed by atoms with Gasteiger partial charge in [0.2, 0.25) is 5.91 Å². The lowest BCUT2D eigenvalue weighted by Crippen LogP contribution is -2.47. The molecule has 2 aliphatic rings. The van der Waals surface area contributed by atoms with Gasteiger partial charge in [-0.05, 0) is 49.6 Å². The van der Waals surface area contributed by atoms with Crippen LogP contribution in [-0.2, 0) is 4.79 Å². The van der Waals surface area contributed by atoms with E-state index in [0.717, 1.165) is 40.3 Å². The minimum absolute atomic E-state index is 0.0460. The maximum absolute atomic E-state index is 13.5. The number of benzene rings is 2. The Morgan fingerprint density at radius 1 is 1.24 bits per heavy atom. The van der Waals surface area contributed by atoms with Crippen LogP contribution in [0.5, 0.6) is 11.5 Å². The van der Waals surface area contributed by atoms with Crippen molar-refractivity contribution in [2.75, 3.05) is 20.3 Å². The molecule has 33 heavy (non-hydrogen) atoms. The van der Waals surface area contributed by atoms with Crippen molar-refractivity contribution in [3.8, 4) is 17.2 Å². The molecular weight excluding hydrogens is 418 g/mol. The van der Waals surface area contributed by atoms with Crippen molar-refractivity contribution in [1.29, 1.82) is 0 Å². The van der Waals surface area contributed by atoms with Gasteiger partial charge < -0.3 is 24.0 Å². The molecule has 0 unspecified atom stereocenters. The number of nitrogens with zero attached hydrogens (tertiary/aromatic N) is 3. The highest BCUT2D eigenvalue weighted by atomic mass is 16.5. The molecule has 1 N–H and O–H groups in total. The summed E-state index contributed by atoms with van der Waals surface area (Å²) in [6.07, 6.45) is 6.40. The molecule has 0 saturated carbocycles. The molecule has 0 radical (unpaired) electrons. The zero-order chi connectivity index (χ0) is 22.9. The topological polar surface area (TPSA) is 76.8 Å². The Bertz CT molecular complexity index is 1220. The summed E-state index contributed by atoms with van der Waals surface area (Å²) < 4.78 is 13.2. The molecule has 0 aliphatic carbocycles. The second kappa shape index (κ2) is 8.75. The summed E-state index contributed by atoms with van der Waals surface area (Å²) in [6.45, 7) is 2.72. The van der Waals surface area contributed by atoms with Crippen molar-refractivity contribution in [2.24, 2.45) is 0 Å². The van der Waals surface area contributed by atoms with E-state index in [9.17, 15) is 9.90 Å². The van der Waals surface area contributed by atoms with Crippen LogP contribution in [-0.4, -0.2) is 51.8 Å². The molecule has 1 saturated heterocycles. The normalized spacial score (nSPS) is 21.6. The number of ether oxygens (including phenoxy) is 2. The van der Waals surface area contributed by atoms with E-state index >= 15 is 0 Å². The Balaban J connectivity index is 1.45. The number of piperidine rings is 1. The van der Waals surface area contributed by atoms with Crippen LogP contribution in [0.1, 0.15) is 35.7 Å². The minimum atomic E-state index is -0.763. The number of methoxy groups -OCH3 is 1. The number of aliphatic hydroxyl groups excluding tert-OH is 1. The predicted molar refractivity (Wildman–Crippen MR) is 124 cm³/mol. The van der Waals surface area contributed by atoms with Crippen LogP contribution < -0.4 is 9.47 Å². The van der Waals surface area contributed by atoms with Crippen molar-refractivity contribution in [1.82, 2.24) is 14.5 Å². The zero-order valence-corrected chi connectivity index (χ0v) is 18.8. The van der Waals surface area contributed by atoms with E-state index in [0.29, 0.717) is 18.7 Å². The van der Waals surface area contributed by atoms with Gasteiger partial charge in [0, 0.05) is 23.9 Å². The van der Waals surface area contributed by atoms with E-state index in [1.165, 1.54) is 0 Å². The van der Waals surface area contributed by atoms with Crippen LogP contribution in [0.25, 0.3) is 11.8 Å². The number of fused-ring (bicyclic) bond motifs is 1. The monoisotopic (exact) mass is 445 g/mol. The number of aryl methyl sites for hydroxylation is 1. The smallest absolute Gasteiger partial charge is 0.250 e. The molecule has 3 heterocycles. The SMILES string of the molecule is COc1cc(C=C2CCCN([C@H]3c4ccccc4OC[C@H]3O)C2=O)ccc1-n1cnc(C)c1. The van der Waals surface area contributed by atoms with Crippen molar-refractivity contribution < 1.29 is 19.4 Å². The van der Waals surface area contributed by atoms with Gasteiger partial charge in [-0.1, -0.05) is 24.3 Å². The number of carbonyl (C=O) groups excluding carboxylic acids is 1. The summed E-state index contributed by atoms with van der Waals surface area (Å²) in [5, 5.41) is 10.7. The van der Waals surface area contributed by atoms with E-state index in [-0.39, 0.29) is 12.5 Å². The van der Waals surface area contributed by atoms with Gasteiger partial charge in [-0.25, -0.2) is 4.98 Å². The lowest BCUT2D eigenvalue weighted by atomic mass is 9.92. The third kappa shape index (κ3) is 4.00. The van der Waals surface area contributed by atoms with E-state index in [2.05, 4.69) is 4.98 Å². The second-order valence-corrected chi connectivity index (χ2v) is 8.49. The Hall–Kier alpha value is -3.58. The fraction of sp³-hybridized carbons (Fsp3) is 0.308. The summed E-state index contributed by atoms with van der Waals surface area (Å²) in [6, 6.07) is 13.1. The average molecular weight is 446 g/mol. The number of rotatable bonds is 4. The van der Waals surface area contributed by atoms with Crippen LogP contribution >= 0.6 is 0 Å². The number of aromatic nitrogens is 2. The number of hydrogen-bond acceptors (Lipinski definition) is 5. The first-order chi connectivity index (χ1) is 16.0. The van der Waals surface area contributed by atoms with E-state index in [1.807, 2.05) is 66.2 Å². The highest BCUT2D eigenvalue weighted by Gasteiger charge is 2.38. The first-order valence-corrected chi connectivity index (χ1v) is 11.2. The van der Waals surface area contributed by atoms with Gasteiger partial charge in [0.1, 0.15) is 24.2 Å². The number of para-hydroxylation sites is 1. The van der Waals surface area contributed by atoms with Crippen LogP contribution in [0.4, 0.5) is 0 Å². The molecule has 170 valence electrons. The standard InChI is InChI=1S/C26H27N3O4/c1-17-14-28(16-27-17)21-10-9-18(13-24(21)32-2)12-19-6-5-11-29(26(19)31)25-20-7-3-4-8-23(20)33-15-22(25)30/h3-4,7-10,12-14,16,22,25,30H,5-6,11,15H2,1-2H3/t22-,25+/m1/s1. The van der Waals surface area contributed by atoms with Gasteiger partial charge in [-0.15, -0.1) is 0 Å². The lowest BCUT2D eigenvalue weighted by molar-refractivity contribution is -0.135. The third-order valence-electron chi connectivity index (χ3n) is 6.26. The molecule has 2 atom stereocenters. The Labute approximate surface area is 192 Å². The summed E-state index contributed by atoms with van der Waals surface area (Å²) in [7, 11) is 1.64. The molecule has 3 aromatic rings. The van der Waals surface area contributed by atoms with Crippen LogP contribution in [0.2, 0.25) is 0 Å². The quantitative estimate of drug-likeness (QED) is 0.620. The number of likely N-dealkylation sites (tertiary alicyclic amines) is 1. The molecule has 1 aromatic heterocycles. The fourth-order valence-electron chi connectivity index (χ4n) is 4.69. The summed E-state index contributed by atoms with van der Waals surface area (Å²) in [4.78, 5) is 19.6. The molecule has 0 bridgehead atoms. The van der Waals surface area contributed by atoms with Gasteiger partial charge in [-0.2, -0.15) is 0 Å². The molecule has 0 spiro atoms. The van der Waals surface area contributed by atoms with Crippen LogP contribution in [0.15, 0.2) is 60.6 Å². The Morgan fingerprint density at radius 3 is 2.88 bits per heavy atom. The largest absolute Gasteiger partial charge is 0.495 e. The van der Waals surface area contributed by atoms with Crippen LogP contribution in [0, 0.1) is 6.92 Å². The van der Waals surface area contributed by atoms with Gasteiger partial charge in [0.05, 0.1) is 30.9 Å². The molecule has 2 aliphatic heterocycles. The number of hydrogen-bond donors (Lipinski definition) is 1. The summed E-state index contributed by atoms with van der Waals surface area (Å²) in [5.74, 6) is 1.39. The minimum Gasteiger partial charge on any atom is -0.495 e. The fourth-order valence-corrected chi connectivity index (χ4v) is 4.69. The molecule has 5 rings (SSSR count). The number of amides is 1. The Kier molecular flexibility index (Phi) is 5.64. The maximum atomic E-state index is 13.5. The molecule has 7 heteroatoms. The lowest BCUT2D eigenvalue weighted by Gasteiger charge is -2.41. The van der Waals surface area contributed by atoms with Crippen LogP contribution in [0.3, 0.4) is 0 Å². The van der Waals surface area contributed by atoms with E-state index in [1.54, 1.807) is 18.3 Å². The molecule has 1 amide bonds. The molecule has 2 aromatic carbocycles. The molecule has 7 nitrogen and oxygen atoms in total. The number of carbonyl (C=O) groups is 1. The number of aliphatic hydroxyl groups is 1. The summed E-state index contributed by atoms with van der Waals surface area (Å²) >= 11 is 0.